The van der Waals surface area contributed by atoms with Crippen LogP contribution in [0.2, 0.25) is 0 Å². The first-order chi connectivity index (χ1) is 9.01. The van der Waals surface area contributed by atoms with E-state index >= 15 is 0 Å². The van der Waals surface area contributed by atoms with Gasteiger partial charge in [-0.2, -0.15) is 5.10 Å². The van der Waals surface area contributed by atoms with E-state index in [1.807, 2.05) is 20.9 Å². The third-order valence-corrected chi connectivity index (χ3v) is 3.52. The van der Waals surface area contributed by atoms with Gasteiger partial charge in [-0.1, -0.05) is 13.3 Å². The third kappa shape index (κ3) is 4.06. The number of nitrogens with zero attached hydrogens (tertiary/aromatic N) is 2. The maximum absolute atomic E-state index is 12.2. The Bertz CT molecular complexity index is 421. The molecule has 108 valence electrons. The van der Waals surface area contributed by atoms with Crippen LogP contribution in [0.4, 0.5) is 0 Å². The minimum Gasteiger partial charge on any atom is -0.396 e. The molecule has 0 radical (unpaired) electrons. The van der Waals surface area contributed by atoms with Gasteiger partial charge in [0.25, 0.3) is 5.91 Å². The van der Waals surface area contributed by atoms with Crippen molar-refractivity contribution in [2.24, 2.45) is 13.0 Å². The molecule has 0 spiro atoms. The third-order valence-electron chi connectivity index (χ3n) is 3.52. The molecule has 1 aromatic heterocycles. The van der Waals surface area contributed by atoms with Gasteiger partial charge in [0.15, 0.2) is 0 Å². The molecule has 0 bridgehead atoms. The standard InChI is InChI=1S/C14H25N3O2/c1-5-6-12(7-8-18)9-15-14(19)13-10(2)16-17(4)11(13)3/h12,18H,5-9H2,1-4H3,(H,15,19). The first-order valence-corrected chi connectivity index (χ1v) is 6.90. The zero-order valence-corrected chi connectivity index (χ0v) is 12.4. The Kier molecular flexibility index (Phi) is 6.02. The number of hydrogen-bond acceptors (Lipinski definition) is 3. The van der Waals surface area contributed by atoms with Crippen molar-refractivity contribution in [1.82, 2.24) is 15.1 Å². The largest absolute Gasteiger partial charge is 0.396 e. The van der Waals surface area contributed by atoms with E-state index in [4.69, 9.17) is 5.11 Å². The Morgan fingerprint density at radius 2 is 2.11 bits per heavy atom. The monoisotopic (exact) mass is 267 g/mol. The Morgan fingerprint density at radius 3 is 2.58 bits per heavy atom. The molecule has 0 fully saturated rings. The highest BCUT2D eigenvalue weighted by Crippen LogP contribution is 2.13. The fourth-order valence-electron chi connectivity index (χ4n) is 2.37. The van der Waals surface area contributed by atoms with Crippen molar-refractivity contribution < 1.29 is 9.90 Å². The molecule has 0 aliphatic carbocycles. The first-order valence-electron chi connectivity index (χ1n) is 6.90. The highest BCUT2D eigenvalue weighted by atomic mass is 16.3. The van der Waals surface area contributed by atoms with E-state index in [-0.39, 0.29) is 12.5 Å². The highest BCUT2D eigenvalue weighted by molar-refractivity contribution is 5.96. The molecule has 2 N–H and O–H groups in total. The average Bonchev–Trinajstić information content (AvgIpc) is 2.61. The average molecular weight is 267 g/mol. The topological polar surface area (TPSA) is 67.2 Å². The minimum absolute atomic E-state index is 0.0675. The molecule has 1 aromatic rings. The summed E-state index contributed by atoms with van der Waals surface area (Å²) in [6, 6.07) is 0. The maximum atomic E-state index is 12.2. The number of rotatable bonds is 7. The van der Waals surface area contributed by atoms with Gasteiger partial charge >= 0.3 is 0 Å². The normalized spacial score (nSPS) is 12.5. The van der Waals surface area contributed by atoms with Crippen LogP contribution in [0.25, 0.3) is 0 Å². The lowest BCUT2D eigenvalue weighted by molar-refractivity contribution is 0.0941. The van der Waals surface area contributed by atoms with Crippen LogP contribution >= 0.6 is 0 Å². The van der Waals surface area contributed by atoms with Gasteiger partial charge in [-0.3, -0.25) is 9.48 Å². The van der Waals surface area contributed by atoms with E-state index in [1.54, 1.807) is 4.68 Å². The molecule has 1 heterocycles. The Labute approximate surface area is 115 Å². The van der Waals surface area contributed by atoms with Gasteiger partial charge in [0.1, 0.15) is 0 Å². The number of hydrogen-bond donors (Lipinski definition) is 2. The molecular formula is C14H25N3O2. The van der Waals surface area contributed by atoms with Crippen molar-refractivity contribution in [2.75, 3.05) is 13.2 Å². The number of aryl methyl sites for hydroxylation is 2. The molecule has 0 saturated carbocycles. The van der Waals surface area contributed by atoms with E-state index in [9.17, 15) is 4.79 Å². The van der Waals surface area contributed by atoms with Crippen molar-refractivity contribution in [3.05, 3.63) is 17.0 Å². The molecular weight excluding hydrogens is 242 g/mol. The second-order valence-corrected chi connectivity index (χ2v) is 5.05. The minimum atomic E-state index is -0.0675. The summed E-state index contributed by atoms with van der Waals surface area (Å²) in [5.41, 5.74) is 2.30. The summed E-state index contributed by atoms with van der Waals surface area (Å²) in [6.07, 6.45) is 2.82. The molecule has 0 aliphatic rings. The fourth-order valence-corrected chi connectivity index (χ4v) is 2.37. The lowest BCUT2D eigenvalue weighted by Gasteiger charge is -2.15. The van der Waals surface area contributed by atoms with Crippen LogP contribution in [0, 0.1) is 19.8 Å². The molecule has 5 heteroatoms. The van der Waals surface area contributed by atoms with Gasteiger partial charge in [0, 0.05) is 25.9 Å². The second-order valence-electron chi connectivity index (χ2n) is 5.05. The summed E-state index contributed by atoms with van der Waals surface area (Å²) in [7, 11) is 1.84. The summed E-state index contributed by atoms with van der Waals surface area (Å²) >= 11 is 0. The lowest BCUT2D eigenvalue weighted by Crippen LogP contribution is -2.30. The van der Waals surface area contributed by atoms with E-state index in [0.717, 1.165) is 30.7 Å². The summed E-state index contributed by atoms with van der Waals surface area (Å²) < 4.78 is 1.72. The predicted molar refractivity (Wildman–Crippen MR) is 75.1 cm³/mol. The predicted octanol–water partition coefficient (Wildman–Crippen LogP) is 1.57. The van der Waals surface area contributed by atoms with E-state index < -0.39 is 0 Å². The van der Waals surface area contributed by atoms with Gasteiger partial charge < -0.3 is 10.4 Å². The molecule has 1 amide bonds. The maximum Gasteiger partial charge on any atom is 0.255 e. The van der Waals surface area contributed by atoms with Crippen LogP contribution < -0.4 is 5.32 Å². The first kappa shape index (κ1) is 15.7. The van der Waals surface area contributed by atoms with Crippen LogP contribution in [0.3, 0.4) is 0 Å². The van der Waals surface area contributed by atoms with Crippen LogP contribution in [-0.4, -0.2) is 33.9 Å². The molecule has 0 aromatic carbocycles. The van der Waals surface area contributed by atoms with Crippen molar-refractivity contribution in [1.29, 1.82) is 0 Å². The van der Waals surface area contributed by atoms with Crippen LogP contribution in [0.5, 0.6) is 0 Å². The van der Waals surface area contributed by atoms with Crippen molar-refractivity contribution >= 4 is 5.91 Å². The smallest absolute Gasteiger partial charge is 0.255 e. The number of carbonyl (C=O) groups is 1. The SMILES string of the molecule is CCCC(CCO)CNC(=O)c1c(C)nn(C)c1C. The van der Waals surface area contributed by atoms with Crippen LogP contribution in [-0.2, 0) is 7.05 Å². The quantitative estimate of drug-likeness (QED) is 0.788. The number of aliphatic hydroxyl groups is 1. The number of aliphatic hydroxyl groups excluding tert-OH is 1. The summed E-state index contributed by atoms with van der Waals surface area (Å²) in [5, 5.41) is 16.2. The highest BCUT2D eigenvalue weighted by Gasteiger charge is 2.18. The summed E-state index contributed by atoms with van der Waals surface area (Å²) in [6.45, 7) is 6.64. The Hall–Kier alpha value is -1.36. The molecule has 0 aliphatic heterocycles. The fraction of sp³-hybridized carbons (Fsp3) is 0.714. The molecule has 1 atom stereocenters. The molecule has 0 saturated heterocycles. The van der Waals surface area contributed by atoms with Crippen molar-refractivity contribution in [3.8, 4) is 0 Å². The number of aromatic nitrogens is 2. The summed E-state index contributed by atoms with van der Waals surface area (Å²) in [4.78, 5) is 12.2. The van der Waals surface area contributed by atoms with Gasteiger partial charge in [0.05, 0.1) is 11.3 Å². The lowest BCUT2D eigenvalue weighted by atomic mass is 10.00. The van der Waals surface area contributed by atoms with E-state index in [2.05, 4.69) is 17.3 Å². The van der Waals surface area contributed by atoms with E-state index in [0.29, 0.717) is 18.0 Å². The second kappa shape index (κ2) is 7.28. The van der Waals surface area contributed by atoms with E-state index in [1.165, 1.54) is 0 Å². The Balaban J connectivity index is 2.64. The molecule has 19 heavy (non-hydrogen) atoms. The Morgan fingerprint density at radius 1 is 1.42 bits per heavy atom. The van der Waals surface area contributed by atoms with Gasteiger partial charge in [-0.25, -0.2) is 0 Å². The van der Waals surface area contributed by atoms with Gasteiger partial charge in [0.2, 0.25) is 0 Å². The molecule has 1 rings (SSSR count). The van der Waals surface area contributed by atoms with Gasteiger partial charge in [-0.05, 0) is 32.6 Å². The number of nitrogens with one attached hydrogen (secondary N) is 1. The molecule has 1 unspecified atom stereocenters. The summed E-state index contributed by atoms with van der Waals surface area (Å²) in [5.74, 6) is 0.276. The number of amides is 1. The van der Waals surface area contributed by atoms with Crippen molar-refractivity contribution in [2.45, 2.75) is 40.0 Å². The molecule has 5 nitrogen and oxygen atoms in total. The van der Waals surface area contributed by atoms with Crippen LogP contribution in [0.1, 0.15) is 47.9 Å². The van der Waals surface area contributed by atoms with Crippen molar-refractivity contribution in [3.63, 3.8) is 0 Å². The van der Waals surface area contributed by atoms with Gasteiger partial charge in [-0.15, -0.1) is 0 Å². The van der Waals surface area contributed by atoms with Crippen LogP contribution in [0.15, 0.2) is 0 Å². The number of carbonyl (C=O) groups excluding carboxylic acids is 1. The zero-order valence-electron chi connectivity index (χ0n) is 12.4. The zero-order chi connectivity index (χ0) is 14.4.